The zero-order chi connectivity index (χ0) is 13.0. The predicted molar refractivity (Wildman–Crippen MR) is 72.6 cm³/mol. The molecule has 0 saturated heterocycles. The maximum atomic E-state index is 10.1. The number of para-hydroxylation sites is 1. The van der Waals surface area contributed by atoms with Crippen LogP contribution >= 0.6 is 0 Å². The molecule has 1 heterocycles. The van der Waals surface area contributed by atoms with Crippen molar-refractivity contribution in [2.24, 2.45) is 5.92 Å². The summed E-state index contributed by atoms with van der Waals surface area (Å²) in [5, 5.41) is 14.4. The minimum Gasteiger partial charge on any atom is -0.388 e. The Hall–Kier alpha value is -1.61. The van der Waals surface area contributed by atoms with Gasteiger partial charge in [0.2, 0.25) is 0 Å². The van der Waals surface area contributed by atoms with Crippen LogP contribution in [0.25, 0.3) is 5.69 Å². The summed E-state index contributed by atoms with van der Waals surface area (Å²) in [7, 11) is 0. The molecule has 0 fully saturated rings. The second kappa shape index (κ2) is 5.83. The van der Waals surface area contributed by atoms with Gasteiger partial charge in [0, 0.05) is 11.8 Å². The highest BCUT2D eigenvalue weighted by Gasteiger charge is 2.11. The van der Waals surface area contributed by atoms with Gasteiger partial charge in [-0.05, 0) is 30.9 Å². The number of aliphatic hydroxyl groups is 1. The molecule has 2 aromatic rings. The molecular formula is C15H20N2O. The molecule has 0 radical (unpaired) electrons. The Bertz CT molecular complexity index is 476. The number of aromatic nitrogens is 2. The first-order chi connectivity index (χ1) is 8.66. The summed E-state index contributed by atoms with van der Waals surface area (Å²) in [5.74, 6) is 0.615. The van der Waals surface area contributed by atoms with Crippen LogP contribution in [0.4, 0.5) is 0 Å². The van der Waals surface area contributed by atoms with E-state index in [9.17, 15) is 5.11 Å². The Balaban J connectivity index is 2.06. The lowest BCUT2D eigenvalue weighted by Gasteiger charge is -2.09. The Labute approximate surface area is 108 Å². The van der Waals surface area contributed by atoms with Crippen LogP contribution in [-0.2, 0) is 0 Å². The van der Waals surface area contributed by atoms with Crippen molar-refractivity contribution in [3.8, 4) is 5.69 Å². The number of rotatable bonds is 5. The summed E-state index contributed by atoms with van der Waals surface area (Å²) >= 11 is 0. The fourth-order valence-electron chi connectivity index (χ4n) is 1.89. The van der Waals surface area contributed by atoms with E-state index in [0.29, 0.717) is 5.92 Å². The van der Waals surface area contributed by atoms with E-state index in [2.05, 4.69) is 18.9 Å². The van der Waals surface area contributed by atoms with Crippen LogP contribution in [0.5, 0.6) is 0 Å². The second-order valence-corrected chi connectivity index (χ2v) is 5.04. The van der Waals surface area contributed by atoms with E-state index in [0.717, 1.165) is 24.1 Å². The predicted octanol–water partition coefficient (Wildman–Crippen LogP) is 3.34. The summed E-state index contributed by atoms with van der Waals surface area (Å²) in [6, 6.07) is 9.93. The van der Waals surface area contributed by atoms with Crippen molar-refractivity contribution in [1.29, 1.82) is 0 Å². The fraction of sp³-hybridized carbons (Fsp3) is 0.400. The van der Waals surface area contributed by atoms with Gasteiger partial charge >= 0.3 is 0 Å². The van der Waals surface area contributed by atoms with Gasteiger partial charge in [-0.25, -0.2) is 4.68 Å². The second-order valence-electron chi connectivity index (χ2n) is 5.04. The van der Waals surface area contributed by atoms with Gasteiger partial charge in [-0.3, -0.25) is 0 Å². The normalized spacial score (nSPS) is 12.9. The largest absolute Gasteiger partial charge is 0.388 e. The van der Waals surface area contributed by atoms with Crippen molar-refractivity contribution in [2.45, 2.75) is 32.8 Å². The number of nitrogens with zero attached hydrogens (tertiary/aromatic N) is 2. The number of benzene rings is 1. The van der Waals surface area contributed by atoms with Gasteiger partial charge in [0.15, 0.2) is 0 Å². The summed E-state index contributed by atoms with van der Waals surface area (Å²) in [6.07, 6.45) is 5.05. The standard InChI is InChI=1S/C15H20N2O/c1-12(2)8-9-15(18)13-10-16-17(11-13)14-6-4-3-5-7-14/h3-7,10-12,15,18H,8-9H2,1-2H3. The van der Waals surface area contributed by atoms with E-state index in [-0.39, 0.29) is 0 Å². The van der Waals surface area contributed by atoms with Crippen molar-refractivity contribution >= 4 is 0 Å². The zero-order valence-electron chi connectivity index (χ0n) is 11.0. The van der Waals surface area contributed by atoms with E-state index < -0.39 is 6.10 Å². The molecule has 0 aliphatic rings. The minimum atomic E-state index is -0.412. The first-order valence-electron chi connectivity index (χ1n) is 6.45. The highest BCUT2D eigenvalue weighted by molar-refractivity contribution is 5.31. The van der Waals surface area contributed by atoms with Crippen LogP contribution < -0.4 is 0 Å². The lowest BCUT2D eigenvalue weighted by molar-refractivity contribution is 0.159. The molecule has 1 aromatic carbocycles. The highest BCUT2D eigenvalue weighted by Crippen LogP contribution is 2.21. The van der Waals surface area contributed by atoms with Crippen LogP contribution in [0.1, 0.15) is 38.4 Å². The van der Waals surface area contributed by atoms with Gasteiger partial charge < -0.3 is 5.11 Å². The van der Waals surface area contributed by atoms with E-state index >= 15 is 0 Å². The molecule has 0 aliphatic carbocycles. The Morgan fingerprint density at radius 1 is 1.17 bits per heavy atom. The number of hydrogen-bond donors (Lipinski definition) is 1. The third kappa shape index (κ3) is 3.20. The number of hydrogen-bond acceptors (Lipinski definition) is 2. The molecule has 3 nitrogen and oxygen atoms in total. The quantitative estimate of drug-likeness (QED) is 0.876. The first kappa shape index (κ1) is 12.8. The van der Waals surface area contributed by atoms with Crippen molar-refractivity contribution in [2.75, 3.05) is 0 Å². The van der Waals surface area contributed by atoms with Crippen LogP contribution in [0.15, 0.2) is 42.7 Å². The van der Waals surface area contributed by atoms with Crippen molar-refractivity contribution in [1.82, 2.24) is 9.78 Å². The van der Waals surface area contributed by atoms with Gasteiger partial charge in [0.05, 0.1) is 18.0 Å². The average molecular weight is 244 g/mol. The molecule has 0 bridgehead atoms. The zero-order valence-corrected chi connectivity index (χ0v) is 11.0. The van der Waals surface area contributed by atoms with Gasteiger partial charge in [-0.1, -0.05) is 32.0 Å². The Morgan fingerprint density at radius 3 is 2.56 bits per heavy atom. The lowest BCUT2D eigenvalue weighted by atomic mass is 10.0. The van der Waals surface area contributed by atoms with Crippen molar-refractivity contribution < 1.29 is 5.11 Å². The number of aliphatic hydroxyl groups excluding tert-OH is 1. The molecule has 2 rings (SSSR count). The van der Waals surface area contributed by atoms with Gasteiger partial charge in [0.1, 0.15) is 0 Å². The molecule has 3 heteroatoms. The van der Waals surface area contributed by atoms with Crippen LogP contribution in [0.3, 0.4) is 0 Å². The average Bonchev–Trinajstić information content (AvgIpc) is 2.86. The van der Waals surface area contributed by atoms with Gasteiger partial charge in [0.25, 0.3) is 0 Å². The first-order valence-corrected chi connectivity index (χ1v) is 6.45. The summed E-state index contributed by atoms with van der Waals surface area (Å²) < 4.78 is 1.80. The van der Waals surface area contributed by atoms with E-state index in [1.54, 1.807) is 10.9 Å². The fourth-order valence-corrected chi connectivity index (χ4v) is 1.89. The molecule has 96 valence electrons. The van der Waals surface area contributed by atoms with E-state index in [1.165, 1.54) is 0 Å². The Kier molecular flexibility index (Phi) is 4.15. The Morgan fingerprint density at radius 2 is 1.89 bits per heavy atom. The molecule has 0 amide bonds. The van der Waals surface area contributed by atoms with Crippen molar-refractivity contribution in [3.05, 3.63) is 48.3 Å². The maximum absolute atomic E-state index is 10.1. The SMILES string of the molecule is CC(C)CCC(O)c1cnn(-c2ccccc2)c1. The lowest BCUT2D eigenvalue weighted by Crippen LogP contribution is -1.99. The maximum Gasteiger partial charge on any atom is 0.0820 e. The third-order valence-electron chi connectivity index (χ3n) is 3.03. The summed E-state index contributed by atoms with van der Waals surface area (Å²) in [6.45, 7) is 4.33. The van der Waals surface area contributed by atoms with Crippen molar-refractivity contribution in [3.63, 3.8) is 0 Å². The molecule has 18 heavy (non-hydrogen) atoms. The molecule has 1 atom stereocenters. The molecular weight excluding hydrogens is 224 g/mol. The molecule has 0 spiro atoms. The van der Waals surface area contributed by atoms with Gasteiger partial charge in [-0.15, -0.1) is 0 Å². The molecule has 0 saturated carbocycles. The van der Waals surface area contributed by atoms with E-state index in [4.69, 9.17) is 0 Å². The molecule has 1 N–H and O–H groups in total. The molecule has 0 aliphatic heterocycles. The minimum absolute atomic E-state index is 0.412. The highest BCUT2D eigenvalue weighted by atomic mass is 16.3. The monoisotopic (exact) mass is 244 g/mol. The van der Waals surface area contributed by atoms with E-state index in [1.807, 2.05) is 36.5 Å². The molecule has 1 aromatic heterocycles. The molecule has 1 unspecified atom stereocenters. The summed E-state index contributed by atoms with van der Waals surface area (Å²) in [5.41, 5.74) is 1.90. The third-order valence-corrected chi connectivity index (χ3v) is 3.03. The van der Waals surface area contributed by atoms with Crippen LogP contribution in [-0.4, -0.2) is 14.9 Å². The van der Waals surface area contributed by atoms with Gasteiger partial charge in [-0.2, -0.15) is 5.10 Å². The summed E-state index contributed by atoms with van der Waals surface area (Å²) in [4.78, 5) is 0. The van der Waals surface area contributed by atoms with Crippen LogP contribution in [0.2, 0.25) is 0 Å². The van der Waals surface area contributed by atoms with Crippen LogP contribution in [0, 0.1) is 5.92 Å². The smallest absolute Gasteiger partial charge is 0.0820 e. The topological polar surface area (TPSA) is 38.1 Å².